The van der Waals surface area contributed by atoms with Gasteiger partial charge in [-0.15, -0.1) is 0 Å². The van der Waals surface area contributed by atoms with Crippen molar-refractivity contribution in [2.75, 3.05) is 0 Å². The first-order valence-corrected chi connectivity index (χ1v) is 7.31. The van der Waals surface area contributed by atoms with Crippen molar-refractivity contribution in [2.45, 2.75) is 18.0 Å². The van der Waals surface area contributed by atoms with Crippen LogP contribution in [0.5, 0.6) is 0 Å². The summed E-state index contributed by atoms with van der Waals surface area (Å²) < 4.78 is 24.3. The average Bonchev–Trinajstić information content (AvgIpc) is 2.75. The van der Waals surface area contributed by atoms with Crippen molar-refractivity contribution in [3.8, 4) is 0 Å². The average molecular weight is 280 g/mol. The Kier molecular flexibility index (Phi) is 3.98. The van der Waals surface area contributed by atoms with Crippen molar-refractivity contribution in [1.29, 1.82) is 0 Å². The fraction of sp³-hybridized carbons (Fsp3) is 0.250. The molecule has 0 saturated carbocycles. The van der Waals surface area contributed by atoms with Crippen LogP contribution in [-0.2, 0) is 30.2 Å². The van der Waals surface area contributed by atoms with Gasteiger partial charge in [-0.2, -0.15) is 5.10 Å². The zero-order valence-corrected chi connectivity index (χ0v) is 11.4. The largest absolute Gasteiger partial charge is 0.307 e. The van der Waals surface area contributed by atoms with E-state index >= 15 is 0 Å². The van der Waals surface area contributed by atoms with Crippen molar-refractivity contribution in [3.63, 3.8) is 0 Å². The molecule has 0 amide bonds. The molecule has 0 saturated heterocycles. The van der Waals surface area contributed by atoms with Crippen molar-refractivity contribution < 1.29 is 8.42 Å². The van der Waals surface area contributed by atoms with Gasteiger partial charge >= 0.3 is 0 Å². The van der Waals surface area contributed by atoms with Crippen LogP contribution in [0.3, 0.4) is 0 Å². The molecule has 0 aliphatic rings. The maximum absolute atomic E-state index is 11.2. The molecule has 0 aliphatic heterocycles. The normalized spacial score (nSPS) is 11.7. The van der Waals surface area contributed by atoms with E-state index in [1.165, 1.54) is 6.07 Å². The molecule has 1 aromatic heterocycles. The third kappa shape index (κ3) is 3.63. The first-order chi connectivity index (χ1) is 8.97. The molecule has 0 atom stereocenters. The molecule has 0 aliphatic carbocycles. The molecule has 2 aromatic rings. The van der Waals surface area contributed by atoms with Crippen LogP contribution in [-0.4, -0.2) is 18.2 Å². The number of nitrogens with two attached hydrogens (primary N) is 1. The molecule has 0 radical (unpaired) electrons. The Morgan fingerprint density at radius 3 is 2.74 bits per heavy atom. The third-order valence-electron chi connectivity index (χ3n) is 2.78. The standard InChI is InChI=1S/C12H16N4O2S/c1-16-11(5-6-15-16)9-14-8-10-3-2-4-12(7-10)19(13,17)18/h2-7,14H,8-9H2,1H3,(H2,13,17,18). The number of rotatable bonds is 5. The Morgan fingerprint density at radius 2 is 2.11 bits per heavy atom. The third-order valence-corrected chi connectivity index (χ3v) is 3.70. The van der Waals surface area contributed by atoms with Gasteiger partial charge in [-0.25, -0.2) is 13.6 Å². The fourth-order valence-corrected chi connectivity index (χ4v) is 2.33. The van der Waals surface area contributed by atoms with Crippen LogP contribution in [0.25, 0.3) is 0 Å². The summed E-state index contributed by atoms with van der Waals surface area (Å²) in [4.78, 5) is 0.132. The quantitative estimate of drug-likeness (QED) is 0.827. The molecule has 0 unspecified atom stereocenters. The number of nitrogens with one attached hydrogen (secondary N) is 1. The second-order valence-corrected chi connectivity index (χ2v) is 5.80. The van der Waals surface area contributed by atoms with E-state index in [0.29, 0.717) is 13.1 Å². The highest BCUT2D eigenvalue weighted by Crippen LogP contribution is 2.09. The number of nitrogens with zero attached hydrogens (tertiary/aromatic N) is 2. The Morgan fingerprint density at radius 1 is 1.32 bits per heavy atom. The Bertz CT molecular complexity index is 664. The van der Waals surface area contributed by atoms with Gasteiger partial charge in [-0.3, -0.25) is 4.68 Å². The number of hydrogen-bond donors (Lipinski definition) is 2. The second kappa shape index (κ2) is 5.52. The Balaban J connectivity index is 1.99. The van der Waals surface area contributed by atoms with Crippen LogP contribution < -0.4 is 10.5 Å². The van der Waals surface area contributed by atoms with Crippen molar-refractivity contribution in [3.05, 3.63) is 47.8 Å². The van der Waals surface area contributed by atoms with Crippen molar-refractivity contribution in [2.24, 2.45) is 12.2 Å². The SMILES string of the molecule is Cn1nccc1CNCc1cccc(S(N)(=O)=O)c1. The zero-order valence-electron chi connectivity index (χ0n) is 10.6. The number of aromatic nitrogens is 2. The molecule has 0 spiro atoms. The van der Waals surface area contributed by atoms with Crippen LogP contribution in [0, 0.1) is 0 Å². The summed E-state index contributed by atoms with van der Waals surface area (Å²) in [5.74, 6) is 0. The number of primary sulfonamides is 1. The number of sulfonamides is 1. The summed E-state index contributed by atoms with van der Waals surface area (Å²) in [6, 6.07) is 8.52. The highest BCUT2D eigenvalue weighted by atomic mass is 32.2. The molecule has 7 heteroatoms. The van der Waals surface area contributed by atoms with Crippen LogP contribution >= 0.6 is 0 Å². The minimum Gasteiger partial charge on any atom is -0.307 e. The highest BCUT2D eigenvalue weighted by molar-refractivity contribution is 7.89. The molecule has 6 nitrogen and oxygen atoms in total. The zero-order chi connectivity index (χ0) is 13.9. The fourth-order valence-electron chi connectivity index (χ4n) is 1.74. The topological polar surface area (TPSA) is 90.0 Å². The smallest absolute Gasteiger partial charge is 0.238 e. The number of benzene rings is 1. The molecule has 0 fully saturated rings. The van der Waals surface area contributed by atoms with Gasteiger partial charge in [-0.05, 0) is 23.8 Å². The van der Waals surface area contributed by atoms with E-state index in [2.05, 4.69) is 10.4 Å². The Labute approximate surface area is 112 Å². The van der Waals surface area contributed by atoms with E-state index in [0.717, 1.165) is 11.3 Å². The van der Waals surface area contributed by atoms with Crippen molar-refractivity contribution in [1.82, 2.24) is 15.1 Å². The van der Waals surface area contributed by atoms with Gasteiger partial charge in [0.05, 0.1) is 10.6 Å². The van der Waals surface area contributed by atoms with E-state index in [1.54, 1.807) is 23.0 Å². The van der Waals surface area contributed by atoms with Crippen molar-refractivity contribution >= 4 is 10.0 Å². The first-order valence-electron chi connectivity index (χ1n) is 5.76. The summed E-state index contributed by atoms with van der Waals surface area (Å²) in [6.07, 6.45) is 1.73. The minimum atomic E-state index is -3.64. The van der Waals surface area contributed by atoms with Crippen LogP contribution in [0.4, 0.5) is 0 Å². The van der Waals surface area contributed by atoms with E-state index in [1.807, 2.05) is 19.2 Å². The lowest BCUT2D eigenvalue weighted by atomic mass is 10.2. The molecule has 0 bridgehead atoms. The van der Waals surface area contributed by atoms with Gasteiger partial charge in [0.25, 0.3) is 0 Å². The van der Waals surface area contributed by atoms with Crippen LogP contribution in [0.15, 0.2) is 41.4 Å². The summed E-state index contributed by atoms with van der Waals surface area (Å²) in [6.45, 7) is 1.23. The maximum atomic E-state index is 11.2. The van der Waals surface area contributed by atoms with Gasteiger partial charge in [0.15, 0.2) is 0 Å². The maximum Gasteiger partial charge on any atom is 0.238 e. The van der Waals surface area contributed by atoms with Gasteiger partial charge in [0, 0.05) is 26.3 Å². The van der Waals surface area contributed by atoms with Gasteiger partial charge < -0.3 is 5.32 Å². The van der Waals surface area contributed by atoms with E-state index in [9.17, 15) is 8.42 Å². The molecule has 3 N–H and O–H groups in total. The van der Waals surface area contributed by atoms with Gasteiger partial charge in [0.1, 0.15) is 0 Å². The predicted molar refractivity (Wildman–Crippen MR) is 71.6 cm³/mol. The number of hydrogen-bond acceptors (Lipinski definition) is 4. The molecule has 2 rings (SSSR count). The minimum absolute atomic E-state index is 0.132. The summed E-state index contributed by atoms with van der Waals surface area (Å²) in [5.41, 5.74) is 1.93. The lowest BCUT2D eigenvalue weighted by Gasteiger charge is -2.06. The van der Waals surface area contributed by atoms with Crippen LogP contribution in [0.2, 0.25) is 0 Å². The van der Waals surface area contributed by atoms with Gasteiger partial charge in [-0.1, -0.05) is 12.1 Å². The molecular formula is C12H16N4O2S. The van der Waals surface area contributed by atoms with E-state index < -0.39 is 10.0 Å². The monoisotopic (exact) mass is 280 g/mol. The lowest BCUT2D eigenvalue weighted by Crippen LogP contribution is -2.16. The predicted octanol–water partition coefficient (Wildman–Crippen LogP) is 0.357. The summed E-state index contributed by atoms with van der Waals surface area (Å²) in [5, 5.41) is 12.4. The highest BCUT2D eigenvalue weighted by Gasteiger charge is 2.07. The first kappa shape index (κ1) is 13.7. The molecule has 19 heavy (non-hydrogen) atoms. The molecule has 102 valence electrons. The second-order valence-electron chi connectivity index (χ2n) is 4.24. The van der Waals surface area contributed by atoms with Gasteiger partial charge in [0.2, 0.25) is 10.0 Å². The summed E-state index contributed by atoms with van der Waals surface area (Å²) >= 11 is 0. The Hall–Kier alpha value is -1.70. The van der Waals surface area contributed by atoms with E-state index in [4.69, 9.17) is 5.14 Å². The molecule has 1 aromatic carbocycles. The molecular weight excluding hydrogens is 264 g/mol. The molecule has 1 heterocycles. The van der Waals surface area contributed by atoms with E-state index in [-0.39, 0.29) is 4.90 Å². The lowest BCUT2D eigenvalue weighted by molar-refractivity contribution is 0.597. The van der Waals surface area contributed by atoms with Crippen LogP contribution in [0.1, 0.15) is 11.3 Å². The summed E-state index contributed by atoms with van der Waals surface area (Å²) in [7, 11) is -1.77. The number of aryl methyl sites for hydroxylation is 1.